The molecule has 0 bridgehead atoms. The van der Waals surface area contributed by atoms with E-state index in [2.05, 4.69) is 66.0 Å². The van der Waals surface area contributed by atoms with Crippen LogP contribution in [0, 0.1) is 5.92 Å². The third-order valence-electron chi connectivity index (χ3n) is 4.42. The molecule has 1 heteroatoms. The van der Waals surface area contributed by atoms with E-state index >= 15 is 0 Å². The number of rotatable bonds is 5. The highest BCUT2D eigenvalue weighted by atomic mass is 14.9. The van der Waals surface area contributed by atoms with Gasteiger partial charge in [-0.05, 0) is 49.3 Å². The molecule has 1 fully saturated rings. The van der Waals surface area contributed by atoms with E-state index in [4.69, 9.17) is 0 Å². The summed E-state index contributed by atoms with van der Waals surface area (Å²) < 4.78 is 0. The Bertz CT molecular complexity index is 506. The Morgan fingerprint density at radius 2 is 1.50 bits per heavy atom. The van der Waals surface area contributed by atoms with Crippen molar-refractivity contribution in [2.45, 2.75) is 31.7 Å². The maximum absolute atomic E-state index is 3.70. The van der Waals surface area contributed by atoms with Crippen molar-refractivity contribution in [1.82, 2.24) is 5.32 Å². The minimum Gasteiger partial charge on any atom is -0.314 e. The van der Waals surface area contributed by atoms with Gasteiger partial charge in [-0.1, -0.05) is 60.7 Å². The summed E-state index contributed by atoms with van der Waals surface area (Å²) >= 11 is 0. The van der Waals surface area contributed by atoms with Crippen LogP contribution < -0.4 is 5.32 Å². The fraction of sp³-hybridized carbons (Fsp3) is 0.368. The highest BCUT2D eigenvalue weighted by molar-refractivity contribution is 5.17. The lowest BCUT2D eigenvalue weighted by atomic mass is 9.89. The third kappa shape index (κ3) is 3.49. The normalized spacial score (nSPS) is 22.0. The van der Waals surface area contributed by atoms with Crippen LogP contribution in [0.4, 0.5) is 0 Å². The summed E-state index contributed by atoms with van der Waals surface area (Å²) in [6, 6.07) is 22.4. The molecule has 0 radical (unpaired) electrons. The van der Waals surface area contributed by atoms with Crippen molar-refractivity contribution in [1.29, 1.82) is 0 Å². The number of hydrogen-bond donors (Lipinski definition) is 1. The monoisotopic (exact) mass is 265 g/mol. The summed E-state index contributed by atoms with van der Waals surface area (Å²) in [6.45, 7) is 1.18. The van der Waals surface area contributed by atoms with E-state index in [1.54, 1.807) is 0 Å². The second-order valence-electron chi connectivity index (χ2n) is 5.82. The van der Waals surface area contributed by atoms with Crippen LogP contribution >= 0.6 is 0 Å². The van der Waals surface area contributed by atoms with Crippen LogP contribution in [0.3, 0.4) is 0 Å². The van der Waals surface area contributed by atoms with Gasteiger partial charge in [-0.15, -0.1) is 0 Å². The molecule has 3 rings (SSSR count). The van der Waals surface area contributed by atoms with Crippen molar-refractivity contribution in [3.63, 3.8) is 0 Å². The first-order valence-corrected chi connectivity index (χ1v) is 7.73. The van der Waals surface area contributed by atoms with Gasteiger partial charge >= 0.3 is 0 Å². The van der Waals surface area contributed by atoms with Crippen LogP contribution in [0.2, 0.25) is 0 Å². The smallest absolute Gasteiger partial charge is 0.0102 e. The summed E-state index contributed by atoms with van der Waals surface area (Å²) in [5.74, 6) is 0.793. The van der Waals surface area contributed by atoms with Gasteiger partial charge in [0.05, 0.1) is 0 Å². The van der Waals surface area contributed by atoms with E-state index in [1.165, 1.54) is 43.4 Å². The van der Waals surface area contributed by atoms with Crippen LogP contribution in [0.15, 0.2) is 60.7 Å². The second-order valence-corrected chi connectivity index (χ2v) is 5.82. The maximum Gasteiger partial charge on any atom is 0.0102 e. The first kappa shape index (κ1) is 13.4. The molecule has 0 spiro atoms. The van der Waals surface area contributed by atoms with Gasteiger partial charge in [0.1, 0.15) is 0 Å². The lowest BCUT2D eigenvalue weighted by Crippen LogP contribution is -2.28. The first-order chi connectivity index (χ1) is 9.92. The summed E-state index contributed by atoms with van der Waals surface area (Å²) in [4.78, 5) is 0. The quantitative estimate of drug-likeness (QED) is 0.866. The summed E-state index contributed by atoms with van der Waals surface area (Å²) in [7, 11) is 0. The van der Waals surface area contributed by atoms with E-state index in [0.717, 1.165) is 5.92 Å². The van der Waals surface area contributed by atoms with E-state index in [9.17, 15) is 0 Å². The van der Waals surface area contributed by atoms with Crippen molar-refractivity contribution < 1.29 is 0 Å². The minimum atomic E-state index is 0.676. The van der Waals surface area contributed by atoms with Crippen LogP contribution in [0.1, 0.15) is 24.0 Å². The Balaban J connectivity index is 1.56. The van der Waals surface area contributed by atoms with Gasteiger partial charge < -0.3 is 5.32 Å². The Morgan fingerprint density at radius 1 is 0.850 bits per heavy atom. The van der Waals surface area contributed by atoms with E-state index in [1.807, 2.05) is 0 Å². The average Bonchev–Trinajstić information content (AvgIpc) is 2.94. The molecule has 2 atom stereocenters. The summed E-state index contributed by atoms with van der Waals surface area (Å²) in [5.41, 5.74) is 2.94. The first-order valence-electron chi connectivity index (χ1n) is 7.73. The zero-order valence-electron chi connectivity index (χ0n) is 12.0. The van der Waals surface area contributed by atoms with E-state index < -0.39 is 0 Å². The topological polar surface area (TPSA) is 12.0 Å². The van der Waals surface area contributed by atoms with E-state index in [-0.39, 0.29) is 0 Å². The lowest BCUT2D eigenvalue weighted by molar-refractivity contribution is 0.421. The number of hydrogen-bond acceptors (Lipinski definition) is 1. The molecular formula is C19H23N. The van der Waals surface area contributed by atoms with Gasteiger partial charge in [-0.3, -0.25) is 0 Å². The number of aryl methyl sites for hydroxylation is 1. The van der Waals surface area contributed by atoms with Crippen LogP contribution in [-0.4, -0.2) is 12.6 Å². The number of benzene rings is 2. The molecule has 1 saturated heterocycles. The predicted molar refractivity (Wildman–Crippen MR) is 84.8 cm³/mol. The van der Waals surface area contributed by atoms with Gasteiger partial charge in [-0.25, -0.2) is 0 Å². The van der Waals surface area contributed by atoms with Gasteiger partial charge in [0, 0.05) is 6.04 Å². The van der Waals surface area contributed by atoms with Gasteiger partial charge in [0.25, 0.3) is 0 Å². The number of nitrogens with one attached hydrogen (secondary N) is 1. The lowest BCUT2D eigenvalue weighted by Gasteiger charge is -2.19. The molecule has 1 nitrogen and oxygen atoms in total. The molecule has 104 valence electrons. The van der Waals surface area contributed by atoms with Crippen molar-refractivity contribution in [3.05, 3.63) is 71.8 Å². The molecule has 1 N–H and O–H groups in total. The average molecular weight is 265 g/mol. The van der Waals surface area contributed by atoms with Gasteiger partial charge in [-0.2, -0.15) is 0 Å². The highest BCUT2D eigenvalue weighted by Gasteiger charge is 2.26. The third-order valence-corrected chi connectivity index (χ3v) is 4.42. The molecule has 0 amide bonds. The van der Waals surface area contributed by atoms with Crippen molar-refractivity contribution in [2.75, 3.05) is 6.54 Å². The molecule has 1 heterocycles. The molecule has 2 unspecified atom stereocenters. The van der Waals surface area contributed by atoms with Gasteiger partial charge in [0.15, 0.2) is 0 Å². The molecule has 1 aliphatic heterocycles. The fourth-order valence-electron chi connectivity index (χ4n) is 3.29. The molecule has 1 aliphatic rings. The molecule has 2 aromatic rings. The van der Waals surface area contributed by atoms with E-state index in [0.29, 0.717) is 6.04 Å². The maximum atomic E-state index is 3.70. The Hall–Kier alpha value is -1.60. The van der Waals surface area contributed by atoms with Crippen LogP contribution in [0.5, 0.6) is 0 Å². The summed E-state index contributed by atoms with van der Waals surface area (Å²) in [5, 5.41) is 3.70. The van der Waals surface area contributed by atoms with Crippen molar-refractivity contribution >= 4 is 0 Å². The molecule has 0 saturated carbocycles. The standard InChI is InChI=1S/C19H23N/c1-3-7-16(8-4-1)11-12-19-18(13-14-20-19)15-17-9-5-2-6-10-17/h1-10,18-20H,11-15H2. The summed E-state index contributed by atoms with van der Waals surface area (Å²) in [6.07, 6.45) is 4.97. The highest BCUT2D eigenvalue weighted by Crippen LogP contribution is 2.24. The zero-order valence-corrected chi connectivity index (χ0v) is 12.0. The van der Waals surface area contributed by atoms with Crippen LogP contribution in [-0.2, 0) is 12.8 Å². The largest absolute Gasteiger partial charge is 0.314 e. The zero-order chi connectivity index (χ0) is 13.6. The van der Waals surface area contributed by atoms with Gasteiger partial charge in [0.2, 0.25) is 0 Å². The molecule has 20 heavy (non-hydrogen) atoms. The van der Waals surface area contributed by atoms with Crippen molar-refractivity contribution in [2.24, 2.45) is 5.92 Å². The fourth-order valence-corrected chi connectivity index (χ4v) is 3.29. The molecular weight excluding hydrogens is 242 g/mol. The molecule has 0 aliphatic carbocycles. The molecule has 2 aromatic carbocycles. The van der Waals surface area contributed by atoms with Crippen molar-refractivity contribution in [3.8, 4) is 0 Å². The Labute approximate surface area is 122 Å². The Morgan fingerprint density at radius 3 is 2.20 bits per heavy atom. The SMILES string of the molecule is c1ccc(CCC2NCCC2Cc2ccccc2)cc1. The minimum absolute atomic E-state index is 0.676. The Kier molecular flexibility index (Phi) is 4.49. The van der Waals surface area contributed by atoms with Crippen LogP contribution in [0.25, 0.3) is 0 Å². The second kappa shape index (κ2) is 6.71. The molecule has 0 aromatic heterocycles. The predicted octanol–water partition coefficient (Wildman–Crippen LogP) is 3.84.